The molecule has 4 rings (SSSR count). The number of rotatable bonds is 4. The van der Waals surface area contributed by atoms with Crippen LogP contribution in [0.4, 0.5) is 0 Å². The molecule has 5 heteroatoms. The maximum Gasteiger partial charge on any atom is 0.164 e. The van der Waals surface area contributed by atoms with Crippen molar-refractivity contribution in [2.24, 2.45) is 5.92 Å². The summed E-state index contributed by atoms with van der Waals surface area (Å²) in [5.41, 5.74) is 3.31. The van der Waals surface area contributed by atoms with Crippen LogP contribution >= 0.6 is 0 Å². The first-order valence-electron chi connectivity index (χ1n) is 8.32. The number of Topliss-reactive ketones (excluding diaryl/α,β-unsaturated/α-hetero) is 1. The average Bonchev–Trinajstić information content (AvgIpc) is 3.22. The molecular formula is C18H20N4O. The van der Waals surface area contributed by atoms with E-state index in [-0.39, 0.29) is 5.78 Å². The number of carbonyl (C=O) groups excluding carboxylic acids is 1. The van der Waals surface area contributed by atoms with Crippen LogP contribution in [-0.4, -0.2) is 25.4 Å². The molecule has 118 valence electrons. The Morgan fingerprint density at radius 1 is 1.30 bits per heavy atom. The Morgan fingerprint density at radius 2 is 2.17 bits per heavy atom. The molecular weight excluding hydrogens is 288 g/mol. The molecule has 0 unspecified atom stereocenters. The van der Waals surface area contributed by atoms with E-state index in [4.69, 9.17) is 0 Å². The lowest BCUT2D eigenvalue weighted by Crippen LogP contribution is -2.11. The van der Waals surface area contributed by atoms with E-state index in [9.17, 15) is 4.79 Å². The fourth-order valence-corrected chi connectivity index (χ4v) is 3.49. The second-order valence-electron chi connectivity index (χ2n) is 6.37. The summed E-state index contributed by atoms with van der Waals surface area (Å²) in [7, 11) is 0. The van der Waals surface area contributed by atoms with Crippen LogP contribution in [-0.2, 0) is 0 Å². The number of aromatic amines is 1. The molecule has 3 aromatic heterocycles. The summed E-state index contributed by atoms with van der Waals surface area (Å²) in [6.07, 6.45) is 12.2. The summed E-state index contributed by atoms with van der Waals surface area (Å²) in [6, 6.07) is 5.69. The zero-order chi connectivity index (χ0) is 15.6. The quantitative estimate of drug-likeness (QED) is 0.744. The van der Waals surface area contributed by atoms with E-state index in [1.165, 1.54) is 32.1 Å². The van der Waals surface area contributed by atoms with E-state index < -0.39 is 0 Å². The standard InChI is InChI=1S/C18H20N4O/c23-17(9-13-5-2-1-3-6-13)14-10-15(19-11-14)16-12-20-18-7-4-8-21-22(16)18/h4,7-8,10-13,19H,1-3,5-6,9H2. The molecule has 1 fully saturated rings. The average molecular weight is 308 g/mol. The van der Waals surface area contributed by atoms with Gasteiger partial charge in [-0.1, -0.05) is 32.1 Å². The van der Waals surface area contributed by atoms with Gasteiger partial charge in [0.25, 0.3) is 0 Å². The van der Waals surface area contributed by atoms with Crippen molar-refractivity contribution in [2.75, 3.05) is 0 Å². The van der Waals surface area contributed by atoms with Crippen LogP contribution in [0, 0.1) is 5.92 Å². The summed E-state index contributed by atoms with van der Waals surface area (Å²) >= 11 is 0. The van der Waals surface area contributed by atoms with Crippen LogP contribution in [0.3, 0.4) is 0 Å². The van der Waals surface area contributed by atoms with Gasteiger partial charge in [0.05, 0.1) is 11.9 Å². The predicted octanol–water partition coefficient (Wildman–Crippen LogP) is 3.88. The second-order valence-corrected chi connectivity index (χ2v) is 6.37. The van der Waals surface area contributed by atoms with Crippen molar-refractivity contribution in [3.8, 4) is 11.4 Å². The highest BCUT2D eigenvalue weighted by atomic mass is 16.1. The molecule has 0 amide bonds. The van der Waals surface area contributed by atoms with Gasteiger partial charge in [0.1, 0.15) is 5.69 Å². The van der Waals surface area contributed by atoms with Gasteiger partial charge >= 0.3 is 0 Å². The first kappa shape index (κ1) is 14.2. The number of hydrogen-bond donors (Lipinski definition) is 1. The summed E-state index contributed by atoms with van der Waals surface area (Å²) in [6.45, 7) is 0. The van der Waals surface area contributed by atoms with Crippen molar-refractivity contribution >= 4 is 11.4 Å². The Bertz CT molecular complexity index is 826. The van der Waals surface area contributed by atoms with Gasteiger partial charge in [0.2, 0.25) is 0 Å². The molecule has 1 N–H and O–H groups in total. The van der Waals surface area contributed by atoms with E-state index in [0.29, 0.717) is 12.3 Å². The smallest absolute Gasteiger partial charge is 0.164 e. The number of imidazole rings is 1. The minimum absolute atomic E-state index is 0.237. The lowest BCUT2D eigenvalue weighted by atomic mass is 9.85. The van der Waals surface area contributed by atoms with Gasteiger partial charge in [-0.3, -0.25) is 4.79 Å². The molecule has 0 aliphatic heterocycles. The van der Waals surface area contributed by atoms with Crippen molar-refractivity contribution in [1.29, 1.82) is 0 Å². The third-order valence-corrected chi connectivity index (χ3v) is 4.76. The lowest BCUT2D eigenvalue weighted by molar-refractivity contribution is 0.0950. The highest BCUT2D eigenvalue weighted by molar-refractivity contribution is 5.97. The van der Waals surface area contributed by atoms with Gasteiger partial charge in [-0.15, -0.1) is 0 Å². The van der Waals surface area contributed by atoms with Crippen molar-refractivity contribution in [2.45, 2.75) is 38.5 Å². The molecule has 0 aromatic carbocycles. The lowest BCUT2D eigenvalue weighted by Gasteiger charge is -2.20. The van der Waals surface area contributed by atoms with E-state index in [2.05, 4.69) is 15.1 Å². The van der Waals surface area contributed by atoms with Crippen LogP contribution in [0.5, 0.6) is 0 Å². The minimum atomic E-state index is 0.237. The van der Waals surface area contributed by atoms with Crippen LogP contribution < -0.4 is 0 Å². The zero-order valence-electron chi connectivity index (χ0n) is 13.0. The second kappa shape index (κ2) is 5.99. The molecule has 0 saturated heterocycles. The Kier molecular flexibility index (Phi) is 3.69. The molecule has 0 bridgehead atoms. The van der Waals surface area contributed by atoms with Gasteiger partial charge < -0.3 is 4.98 Å². The van der Waals surface area contributed by atoms with Gasteiger partial charge in [-0.05, 0) is 24.1 Å². The molecule has 3 heterocycles. The van der Waals surface area contributed by atoms with Crippen molar-refractivity contribution < 1.29 is 4.79 Å². The number of fused-ring (bicyclic) bond motifs is 1. The molecule has 3 aromatic rings. The largest absolute Gasteiger partial charge is 0.359 e. The Morgan fingerprint density at radius 3 is 3.04 bits per heavy atom. The zero-order valence-corrected chi connectivity index (χ0v) is 13.0. The molecule has 1 saturated carbocycles. The van der Waals surface area contributed by atoms with Gasteiger partial charge in [-0.25, -0.2) is 9.50 Å². The molecule has 0 atom stereocenters. The molecule has 1 aliphatic rings. The van der Waals surface area contributed by atoms with E-state index in [1.807, 2.05) is 24.4 Å². The number of hydrogen-bond acceptors (Lipinski definition) is 3. The van der Waals surface area contributed by atoms with Gasteiger partial charge in [-0.2, -0.15) is 5.10 Å². The Balaban J connectivity index is 1.55. The van der Waals surface area contributed by atoms with E-state index in [0.717, 1.165) is 22.6 Å². The predicted molar refractivity (Wildman–Crippen MR) is 88.3 cm³/mol. The minimum Gasteiger partial charge on any atom is -0.359 e. The number of ketones is 1. The number of nitrogens with one attached hydrogen (secondary N) is 1. The molecule has 0 radical (unpaired) electrons. The highest BCUT2D eigenvalue weighted by Crippen LogP contribution is 2.28. The summed E-state index contributed by atoms with van der Waals surface area (Å²) < 4.78 is 1.78. The van der Waals surface area contributed by atoms with Gasteiger partial charge in [0.15, 0.2) is 11.4 Å². The number of nitrogens with zero attached hydrogens (tertiary/aromatic N) is 3. The van der Waals surface area contributed by atoms with Crippen LogP contribution in [0.1, 0.15) is 48.9 Å². The van der Waals surface area contributed by atoms with Crippen LogP contribution in [0.25, 0.3) is 17.0 Å². The summed E-state index contributed by atoms with van der Waals surface area (Å²) in [5, 5.41) is 4.31. The highest BCUT2D eigenvalue weighted by Gasteiger charge is 2.19. The molecule has 23 heavy (non-hydrogen) atoms. The van der Waals surface area contributed by atoms with E-state index in [1.54, 1.807) is 16.9 Å². The third kappa shape index (κ3) is 2.79. The van der Waals surface area contributed by atoms with Crippen molar-refractivity contribution in [1.82, 2.24) is 19.6 Å². The van der Waals surface area contributed by atoms with Gasteiger partial charge in [0, 0.05) is 24.4 Å². The number of aromatic nitrogens is 4. The number of H-pyrrole nitrogens is 1. The third-order valence-electron chi connectivity index (χ3n) is 4.76. The fraction of sp³-hybridized carbons (Fsp3) is 0.389. The van der Waals surface area contributed by atoms with E-state index >= 15 is 0 Å². The molecule has 5 nitrogen and oxygen atoms in total. The maximum atomic E-state index is 12.5. The SMILES string of the molecule is O=C(CC1CCCCC1)c1c[nH]c(-c2cnc3cccnn23)c1. The normalized spacial score (nSPS) is 16.0. The first-order chi connectivity index (χ1) is 11.3. The topological polar surface area (TPSA) is 63.0 Å². The Hall–Kier alpha value is -2.43. The summed E-state index contributed by atoms with van der Waals surface area (Å²) in [5.74, 6) is 0.799. The maximum absolute atomic E-state index is 12.5. The van der Waals surface area contributed by atoms with Crippen LogP contribution in [0.15, 0.2) is 36.8 Å². The van der Waals surface area contributed by atoms with Crippen molar-refractivity contribution in [3.63, 3.8) is 0 Å². The van der Waals surface area contributed by atoms with Crippen molar-refractivity contribution in [3.05, 3.63) is 42.4 Å². The molecule has 0 spiro atoms. The summed E-state index contributed by atoms with van der Waals surface area (Å²) in [4.78, 5) is 20.0. The first-order valence-corrected chi connectivity index (χ1v) is 8.32. The van der Waals surface area contributed by atoms with Crippen LogP contribution in [0.2, 0.25) is 0 Å². The molecule has 1 aliphatic carbocycles. The Labute approximate surface area is 134 Å². The fourth-order valence-electron chi connectivity index (χ4n) is 3.49. The number of carbonyl (C=O) groups is 1. The monoisotopic (exact) mass is 308 g/mol.